The van der Waals surface area contributed by atoms with E-state index in [-0.39, 0.29) is 24.0 Å². The predicted molar refractivity (Wildman–Crippen MR) is 88.9 cm³/mol. The van der Waals surface area contributed by atoms with Gasteiger partial charge in [-0.2, -0.15) is 0 Å². The van der Waals surface area contributed by atoms with E-state index in [1.54, 1.807) is 12.1 Å². The first kappa shape index (κ1) is 18.0. The highest BCUT2D eigenvalue weighted by Crippen LogP contribution is 2.20. The minimum atomic E-state index is -0.465. The van der Waals surface area contributed by atoms with Crippen molar-refractivity contribution in [3.8, 4) is 0 Å². The summed E-state index contributed by atoms with van der Waals surface area (Å²) in [5.41, 5.74) is 1.07. The molecule has 0 radical (unpaired) electrons. The lowest BCUT2D eigenvalue weighted by Gasteiger charge is -2.04. The van der Waals surface area contributed by atoms with Gasteiger partial charge in [-0.25, -0.2) is 4.39 Å². The number of hydrogen-bond acceptors (Lipinski definition) is 5. The molecule has 1 aromatic heterocycles. The number of aromatic nitrogens is 1. The van der Waals surface area contributed by atoms with Crippen LogP contribution in [-0.2, 0) is 22.7 Å². The molecule has 1 aliphatic heterocycles. The Morgan fingerprint density at radius 2 is 2.24 bits per heavy atom. The van der Waals surface area contributed by atoms with Crippen molar-refractivity contribution in [2.45, 2.75) is 32.5 Å². The second kappa shape index (κ2) is 8.56. The van der Waals surface area contributed by atoms with Crippen LogP contribution in [0.15, 0.2) is 28.8 Å². The van der Waals surface area contributed by atoms with Crippen LogP contribution in [0.3, 0.4) is 0 Å². The molecule has 25 heavy (non-hydrogen) atoms. The van der Waals surface area contributed by atoms with Crippen LogP contribution in [0.5, 0.6) is 0 Å². The monoisotopic (exact) mass is 367 g/mol. The number of ether oxygens (including phenoxy) is 2. The predicted octanol–water partition coefficient (Wildman–Crippen LogP) is 4.18. The highest BCUT2D eigenvalue weighted by molar-refractivity contribution is 6.30. The van der Waals surface area contributed by atoms with Gasteiger partial charge in [0.25, 0.3) is 0 Å². The second-order valence-corrected chi connectivity index (χ2v) is 6.52. The highest BCUT2D eigenvalue weighted by Gasteiger charge is 2.19. The lowest BCUT2D eigenvalue weighted by atomic mass is 10.00. The summed E-state index contributed by atoms with van der Waals surface area (Å²) in [4.78, 5) is 12.1. The normalized spacial score (nSPS) is 17.1. The molecule has 0 N–H and O–H groups in total. The number of Topliss-reactive ketones (excluding diaryl/α,β-unsaturated/α-hetero) is 1. The van der Waals surface area contributed by atoms with E-state index in [2.05, 4.69) is 5.16 Å². The second-order valence-electron chi connectivity index (χ2n) is 6.11. The number of carbonyl (C=O) groups is 1. The number of halogens is 2. The number of hydrogen-bond donors (Lipinski definition) is 0. The van der Waals surface area contributed by atoms with Gasteiger partial charge >= 0.3 is 0 Å². The van der Waals surface area contributed by atoms with Crippen molar-refractivity contribution in [2.75, 3.05) is 13.2 Å². The zero-order valence-corrected chi connectivity index (χ0v) is 14.4. The molecule has 134 valence electrons. The molecule has 0 amide bonds. The van der Waals surface area contributed by atoms with Gasteiger partial charge in [-0.15, -0.1) is 0 Å². The summed E-state index contributed by atoms with van der Waals surface area (Å²) in [6.07, 6.45) is 2.26. The van der Waals surface area contributed by atoms with Gasteiger partial charge in [-0.1, -0.05) is 22.8 Å². The molecular weight excluding hydrogens is 349 g/mol. The van der Waals surface area contributed by atoms with E-state index in [0.29, 0.717) is 23.8 Å². The average Bonchev–Trinajstić information content (AvgIpc) is 3.28. The van der Waals surface area contributed by atoms with E-state index in [9.17, 15) is 9.18 Å². The first-order chi connectivity index (χ1) is 12.1. The van der Waals surface area contributed by atoms with Crippen molar-refractivity contribution >= 4 is 17.4 Å². The first-order valence-electron chi connectivity index (χ1n) is 8.20. The van der Waals surface area contributed by atoms with Gasteiger partial charge in [0.2, 0.25) is 0 Å². The maximum absolute atomic E-state index is 13.1. The van der Waals surface area contributed by atoms with Crippen LogP contribution in [0.1, 0.15) is 41.1 Å². The van der Waals surface area contributed by atoms with E-state index in [0.717, 1.165) is 31.6 Å². The zero-order chi connectivity index (χ0) is 17.6. The molecule has 2 aromatic rings. The van der Waals surface area contributed by atoms with Crippen molar-refractivity contribution in [1.29, 1.82) is 0 Å². The van der Waals surface area contributed by atoms with Crippen LogP contribution >= 0.6 is 11.6 Å². The maximum atomic E-state index is 13.1. The molecule has 2 heterocycles. The molecule has 1 unspecified atom stereocenters. The molecule has 3 rings (SSSR count). The third kappa shape index (κ3) is 5.11. The molecule has 7 heteroatoms. The van der Waals surface area contributed by atoms with Crippen molar-refractivity contribution < 1.29 is 23.2 Å². The van der Waals surface area contributed by atoms with Crippen molar-refractivity contribution in [3.05, 3.63) is 52.1 Å². The Morgan fingerprint density at radius 1 is 1.36 bits per heavy atom. The van der Waals surface area contributed by atoms with Gasteiger partial charge < -0.3 is 14.0 Å². The summed E-state index contributed by atoms with van der Waals surface area (Å²) in [5, 5.41) is 3.86. The van der Waals surface area contributed by atoms with Crippen LogP contribution in [-0.4, -0.2) is 24.2 Å². The molecule has 1 aromatic carbocycles. The Labute approximate surface area is 150 Å². The molecule has 0 aliphatic carbocycles. The van der Waals surface area contributed by atoms with Crippen LogP contribution < -0.4 is 0 Å². The average molecular weight is 368 g/mol. The zero-order valence-electron chi connectivity index (χ0n) is 13.7. The summed E-state index contributed by atoms with van der Waals surface area (Å²) in [6.45, 7) is 1.94. The highest BCUT2D eigenvalue weighted by atomic mass is 35.5. The van der Waals surface area contributed by atoms with Gasteiger partial charge in [-0.05, 0) is 36.5 Å². The van der Waals surface area contributed by atoms with Crippen LogP contribution in [0.4, 0.5) is 4.39 Å². The molecule has 5 nitrogen and oxygen atoms in total. The third-order valence-electron chi connectivity index (χ3n) is 4.15. The molecule has 0 spiro atoms. The quantitative estimate of drug-likeness (QED) is 0.655. The smallest absolute Gasteiger partial charge is 0.184 e. The minimum absolute atomic E-state index is 0.0350. The summed E-state index contributed by atoms with van der Waals surface area (Å²) in [6, 6.07) is 6.01. The fourth-order valence-corrected chi connectivity index (χ4v) is 2.89. The summed E-state index contributed by atoms with van der Waals surface area (Å²) in [5.74, 6) is 0.433. The molecule has 0 saturated carbocycles. The first-order valence-corrected chi connectivity index (χ1v) is 8.58. The number of rotatable bonds is 8. The fraction of sp³-hybridized carbons (Fsp3) is 0.444. The van der Waals surface area contributed by atoms with Crippen LogP contribution in [0.2, 0.25) is 5.02 Å². The van der Waals surface area contributed by atoms with Gasteiger partial charge in [0.05, 0.1) is 11.6 Å². The lowest BCUT2D eigenvalue weighted by Crippen LogP contribution is -2.05. The number of carbonyl (C=O) groups excluding carboxylic acids is 1. The number of ketones is 1. The standard InChI is InChI=1S/C18H19ClFNO4/c19-15-7-13(1-3-16(15)20)10-24-11-14-8-17(21-25-14)18(22)4-2-12-5-6-23-9-12/h1,3,7-8,12H,2,4-6,9-11H2. The van der Waals surface area contributed by atoms with Gasteiger partial charge in [0.15, 0.2) is 11.5 Å². The lowest BCUT2D eigenvalue weighted by molar-refractivity contribution is 0.0878. The minimum Gasteiger partial charge on any atom is -0.381 e. The van der Waals surface area contributed by atoms with E-state index in [1.807, 2.05) is 0 Å². The fourth-order valence-electron chi connectivity index (χ4n) is 2.69. The SMILES string of the molecule is O=C(CCC1CCOC1)c1cc(COCc2ccc(F)c(Cl)c2)on1. The summed E-state index contributed by atoms with van der Waals surface area (Å²) < 4.78 is 29.0. The summed E-state index contributed by atoms with van der Waals surface area (Å²) >= 11 is 5.72. The summed E-state index contributed by atoms with van der Waals surface area (Å²) in [7, 11) is 0. The third-order valence-corrected chi connectivity index (χ3v) is 4.43. The molecule has 1 atom stereocenters. The van der Waals surface area contributed by atoms with Crippen LogP contribution in [0.25, 0.3) is 0 Å². The Hall–Kier alpha value is -1.76. The largest absolute Gasteiger partial charge is 0.381 e. The Balaban J connectivity index is 1.44. The van der Waals surface area contributed by atoms with E-state index in [4.69, 9.17) is 25.6 Å². The molecule has 1 saturated heterocycles. The van der Waals surface area contributed by atoms with Gasteiger partial charge in [0, 0.05) is 25.7 Å². The molecule has 1 aliphatic rings. The molecule has 0 bridgehead atoms. The van der Waals surface area contributed by atoms with Crippen molar-refractivity contribution in [1.82, 2.24) is 5.16 Å². The van der Waals surface area contributed by atoms with E-state index in [1.165, 1.54) is 12.1 Å². The topological polar surface area (TPSA) is 61.6 Å². The Kier molecular flexibility index (Phi) is 6.18. The van der Waals surface area contributed by atoms with Gasteiger partial charge in [0.1, 0.15) is 18.1 Å². The maximum Gasteiger partial charge on any atom is 0.184 e. The van der Waals surface area contributed by atoms with E-state index >= 15 is 0 Å². The number of nitrogens with zero attached hydrogens (tertiary/aromatic N) is 1. The molecular formula is C18H19ClFNO4. The van der Waals surface area contributed by atoms with Crippen molar-refractivity contribution in [2.24, 2.45) is 5.92 Å². The van der Waals surface area contributed by atoms with Gasteiger partial charge in [-0.3, -0.25) is 4.79 Å². The Morgan fingerprint density at radius 3 is 3.00 bits per heavy atom. The molecule has 1 fully saturated rings. The van der Waals surface area contributed by atoms with E-state index < -0.39 is 5.82 Å². The van der Waals surface area contributed by atoms with Crippen LogP contribution in [0, 0.1) is 11.7 Å². The Bertz CT molecular complexity index is 728. The van der Waals surface area contributed by atoms with Crippen molar-refractivity contribution in [3.63, 3.8) is 0 Å². The number of benzene rings is 1.